The lowest BCUT2D eigenvalue weighted by molar-refractivity contribution is 1.01. The fraction of sp³-hybridized carbons (Fsp3) is 0.133. The molecule has 3 aromatic rings. The molecule has 4 heteroatoms. The lowest BCUT2D eigenvalue weighted by Crippen LogP contribution is -2.14. The van der Waals surface area contributed by atoms with Crippen LogP contribution in [0.3, 0.4) is 0 Å². The van der Waals surface area contributed by atoms with E-state index in [1.807, 2.05) is 37.4 Å². The SMILES string of the molecule is CCc1c(-c2cccc3cnccc23)nc[nH]c1=O. The zero-order valence-corrected chi connectivity index (χ0v) is 10.6. The lowest BCUT2D eigenvalue weighted by atomic mass is 10.00. The maximum atomic E-state index is 11.9. The van der Waals surface area contributed by atoms with E-state index in [1.165, 1.54) is 6.33 Å². The van der Waals surface area contributed by atoms with E-state index in [-0.39, 0.29) is 5.56 Å². The first-order valence-electron chi connectivity index (χ1n) is 6.21. The van der Waals surface area contributed by atoms with E-state index in [0.717, 1.165) is 22.0 Å². The van der Waals surface area contributed by atoms with Gasteiger partial charge in [0.25, 0.3) is 5.56 Å². The van der Waals surface area contributed by atoms with E-state index in [0.29, 0.717) is 12.0 Å². The van der Waals surface area contributed by atoms with Crippen molar-refractivity contribution in [2.75, 3.05) is 0 Å². The number of pyridine rings is 1. The summed E-state index contributed by atoms with van der Waals surface area (Å²) >= 11 is 0. The van der Waals surface area contributed by atoms with Gasteiger partial charge in [0.1, 0.15) is 0 Å². The van der Waals surface area contributed by atoms with Crippen LogP contribution in [0.4, 0.5) is 0 Å². The van der Waals surface area contributed by atoms with Gasteiger partial charge in [-0.05, 0) is 17.9 Å². The second kappa shape index (κ2) is 4.65. The third kappa shape index (κ3) is 1.91. The minimum atomic E-state index is -0.0708. The molecule has 3 rings (SSSR count). The van der Waals surface area contributed by atoms with Gasteiger partial charge in [0, 0.05) is 28.9 Å². The smallest absolute Gasteiger partial charge is 0.254 e. The van der Waals surface area contributed by atoms with Gasteiger partial charge >= 0.3 is 0 Å². The third-order valence-corrected chi connectivity index (χ3v) is 3.24. The van der Waals surface area contributed by atoms with Gasteiger partial charge in [0.15, 0.2) is 0 Å². The predicted molar refractivity (Wildman–Crippen MR) is 75.0 cm³/mol. The Kier molecular flexibility index (Phi) is 2.83. The van der Waals surface area contributed by atoms with Crippen LogP contribution in [-0.4, -0.2) is 15.0 Å². The number of benzene rings is 1. The van der Waals surface area contributed by atoms with Gasteiger partial charge in [0.2, 0.25) is 0 Å². The standard InChI is InChI=1S/C15H13N3O/c1-2-11-14(17-9-18-15(11)19)13-5-3-4-10-8-16-7-6-12(10)13/h3-9H,2H2,1H3,(H,17,18,19). The van der Waals surface area contributed by atoms with Crippen molar-refractivity contribution in [1.82, 2.24) is 15.0 Å². The average Bonchev–Trinajstić information content (AvgIpc) is 2.46. The van der Waals surface area contributed by atoms with Crippen LogP contribution in [0.5, 0.6) is 0 Å². The van der Waals surface area contributed by atoms with E-state index < -0.39 is 0 Å². The van der Waals surface area contributed by atoms with Crippen LogP contribution < -0.4 is 5.56 Å². The first-order chi connectivity index (χ1) is 9.31. The molecule has 94 valence electrons. The first kappa shape index (κ1) is 11.6. The van der Waals surface area contributed by atoms with Crippen molar-refractivity contribution in [2.24, 2.45) is 0 Å². The van der Waals surface area contributed by atoms with Crippen molar-refractivity contribution >= 4 is 10.8 Å². The molecule has 0 radical (unpaired) electrons. The van der Waals surface area contributed by atoms with Crippen LogP contribution in [0, 0.1) is 0 Å². The predicted octanol–water partition coefficient (Wildman–Crippen LogP) is 2.55. The number of aromatic nitrogens is 3. The van der Waals surface area contributed by atoms with Crippen molar-refractivity contribution < 1.29 is 0 Å². The highest BCUT2D eigenvalue weighted by atomic mass is 16.1. The monoisotopic (exact) mass is 251 g/mol. The molecule has 0 amide bonds. The van der Waals surface area contributed by atoms with E-state index in [1.54, 1.807) is 6.20 Å². The minimum Gasteiger partial charge on any atom is -0.313 e. The number of aromatic amines is 1. The number of fused-ring (bicyclic) bond motifs is 1. The van der Waals surface area contributed by atoms with Crippen molar-refractivity contribution in [2.45, 2.75) is 13.3 Å². The Morgan fingerprint density at radius 1 is 1.26 bits per heavy atom. The molecule has 0 saturated heterocycles. The molecule has 0 fully saturated rings. The fourth-order valence-electron chi connectivity index (χ4n) is 2.32. The average molecular weight is 251 g/mol. The summed E-state index contributed by atoms with van der Waals surface area (Å²) in [5, 5.41) is 2.11. The van der Waals surface area contributed by atoms with Crippen molar-refractivity contribution in [1.29, 1.82) is 0 Å². The van der Waals surface area contributed by atoms with Crippen LogP contribution in [-0.2, 0) is 6.42 Å². The summed E-state index contributed by atoms with van der Waals surface area (Å²) in [6.45, 7) is 1.96. The van der Waals surface area contributed by atoms with E-state index in [4.69, 9.17) is 0 Å². The van der Waals surface area contributed by atoms with Crippen LogP contribution in [0.15, 0.2) is 47.8 Å². The highest BCUT2D eigenvalue weighted by Gasteiger charge is 2.11. The fourth-order valence-corrected chi connectivity index (χ4v) is 2.32. The molecule has 1 aromatic carbocycles. The zero-order valence-electron chi connectivity index (χ0n) is 10.6. The Labute approximate surface area is 110 Å². The number of nitrogens with one attached hydrogen (secondary N) is 1. The van der Waals surface area contributed by atoms with Crippen molar-refractivity contribution in [3.63, 3.8) is 0 Å². The van der Waals surface area contributed by atoms with Gasteiger partial charge in [-0.1, -0.05) is 25.1 Å². The minimum absolute atomic E-state index is 0.0708. The van der Waals surface area contributed by atoms with Crippen molar-refractivity contribution in [3.8, 4) is 11.3 Å². The summed E-state index contributed by atoms with van der Waals surface area (Å²) in [5.41, 5.74) is 2.37. The zero-order chi connectivity index (χ0) is 13.2. The number of H-pyrrole nitrogens is 1. The second-order valence-electron chi connectivity index (χ2n) is 4.31. The lowest BCUT2D eigenvalue weighted by Gasteiger charge is -2.08. The summed E-state index contributed by atoms with van der Waals surface area (Å²) < 4.78 is 0. The van der Waals surface area contributed by atoms with E-state index in [9.17, 15) is 4.79 Å². The highest BCUT2D eigenvalue weighted by molar-refractivity contribution is 5.95. The molecule has 0 bridgehead atoms. The molecule has 0 aliphatic carbocycles. The summed E-state index contributed by atoms with van der Waals surface area (Å²) in [5.74, 6) is 0. The van der Waals surface area contributed by atoms with Gasteiger partial charge in [0.05, 0.1) is 12.0 Å². The van der Waals surface area contributed by atoms with Crippen LogP contribution in [0.2, 0.25) is 0 Å². The summed E-state index contributed by atoms with van der Waals surface area (Å²) in [6.07, 6.45) is 5.68. The molecule has 2 aromatic heterocycles. The first-order valence-corrected chi connectivity index (χ1v) is 6.21. The molecular weight excluding hydrogens is 238 g/mol. The quantitative estimate of drug-likeness (QED) is 0.761. The number of nitrogens with zero attached hydrogens (tertiary/aromatic N) is 2. The molecule has 0 spiro atoms. The largest absolute Gasteiger partial charge is 0.313 e. The van der Waals surface area contributed by atoms with Gasteiger partial charge in [-0.3, -0.25) is 9.78 Å². The number of hydrogen-bond donors (Lipinski definition) is 1. The Hall–Kier alpha value is -2.49. The Balaban J connectivity index is 2.37. The molecule has 4 nitrogen and oxygen atoms in total. The van der Waals surface area contributed by atoms with E-state index >= 15 is 0 Å². The summed E-state index contributed by atoms with van der Waals surface area (Å²) in [6, 6.07) is 7.91. The van der Waals surface area contributed by atoms with E-state index in [2.05, 4.69) is 15.0 Å². The van der Waals surface area contributed by atoms with Gasteiger partial charge < -0.3 is 4.98 Å². The number of hydrogen-bond acceptors (Lipinski definition) is 3. The Morgan fingerprint density at radius 3 is 3.00 bits per heavy atom. The van der Waals surface area contributed by atoms with Crippen LogP contribution in [0.25, 0.3) is 22.0 Å². The second-order valence-corrected chi connectivity index (χ2v) is 4.31. The van der Waals surface area contributed by atoms with Crippen LogP contribution in [0.1, 0.15) is 12.5 Å². The molecule has 0 saturated carbocycles. The maximum Gasteiger partial charge on any atom is 0.254 e. The van der Waals surface area contributed by atoms with Crippen LogP contribution >= 0.6 is 0 Å². The molecular formula is C15H13N3O. The molecule has 19 heavy (non-hydrogen) atoms. The topological polar surface area (TPSA) is 58.6 Å². The normalized spacial score (nSPS) is 10.8. The molecule has 2 heterocycles. The maximum absolute atomic E-state index is 11.9. The molecule has 0 atom stereocenters. The Morgan fingerprint density at radius 2 is 2.16 bits per heavy atom. The Bertz CT molecular complexity index is 787. The summed E-state index contributed by atoms with van der Waals surface area (Å²) in [7, 11) is 0. The van der Waals surface area contributed by atoms with Gasteiger partial charge in [-0.25, -0.2) is 4.98 Å². The van der Waals surface area contributed by atoms with Gasteiger partial charge in [-0.15, -0.1) is 0 Å². The summed E-state index contributed by atoms with van der Waals surface area (Å²) in [4.78, 5) is 23.0. The molecule has 0 aliphatic heterocycles. The third-order valence-electron chi connectivity index (χ3n) is 3.24. The highest BCUT2D eigenvalue weighted by Crippen LogP contribution is 2.27. The van der Waals surface area contributed by atoms with Crippen molar-refractivity contribution in [3.05, 3.63) is 58.9 Å². The van der Waals surface area contributed by atoms with Gasteiger partial charge in [-0.2, -0.15) is 0 Å². The molecule has 1 N–H and O–H groups in total. The molecule has 0 aliphatic rings. The molecule has 0 unspecified atom stereocenters. The number of rotatable bonds is 2.